The van der Waals surface area contributed by atoms with Crippen LogP contribution >= 0.6 is 0 Å². The Bertz CT molecular complexity index is 1480. The number of hydrogen-bond donors (Lipinski definition) is 0. The summed E-state index contributed by atoms with van der Waals surface area (Å²) in [6.07, 6.45) is 16.6. The number of carbonyl (C=O) groups excluding carboxylic acids is 2. The molecule has 8 heteroatoms. The van der Waals surface area contributed by atoms with Gasteiger partial charge in [0.1, 0.15) is 6.10 Å². The normalized spacial score (nSPS) is 25.2. The van der Waals surface area contributed by atoms with Crippen LogP contribution < -0.4 is 10.4 Å². The first-order chi connectivity index (χ1) is 23.6. The average molecular weight is 715 g/mol. The number of fused-ring (bicyclic) bond motifs is 2. The van der Waals surface area contributed by atoms with Gasteiger partial charge in [-0.15, -0.1) is 0 Å². The van der Waals surface area contributed by atoms with Crippen molar-refractivity contribution in [3.8, 4) is 0 Å². The van der Waals surface area contributed by atoms with Gasteiger partial charge in [-0.05, 0) is 58.9 Å². The molecule has 270 valence electrons. The monoisotopic (exact) mass is 714 g/mol. The fourth-order valence-electron chi connectivity index (χ4n) is 6.35. The van der Waals surface area contributed by atoms with Gasteiger partial charge in [0.25, 0.3) is 8.32 Å². The van der Waals surface area contributed by atoms with Gasteiger partial charge in [0.15, 0.2) is 14.1 Å². The molecular formula is C42H58O6Si2. The molecule has 0 spiro atoms. The van der Waals surface area contributed by atoms with E-state index in [9.17, 15) is 9.59 Å². The highest BCUT2D eigenvalue weighted by Crippen LogP contribution is 2.38. The second-order valence-electron chi connectivity index (χ2n) is 16.0. The molecule has 50 heavy (non-hydrogen) atoms. The lowest BCUT2D eigenvalue weighted by atomic mass is 10.1. The van der Waals surface area contributed by atoms with Crippen molar-refractivity contribution < 1.29 is 27.9 Å². The summed E-state index contributed by atoms with van der Waals surface area (Å²) in [5, 5.41) is 2.07. The summed E-state index contributed by atoms with van der Waals surface area (Å²) in [7, 11) is -5.09. The second-order valence-corrected chi connectivity index (χ2v) is 25.1. The first-order valence-corrected chi connectivity index (χ1v) is 22.9. The van der Waals surface area contributed by atoms with Crippen molar-refractivity contribution in [3.05, 3.63) is 109 Å². The van der Waals surface area contributed by atoms with E-state index >= 15 is 0 Å². The highest BCUT2D eigenvalue weighted by Gasteiger charge is 2.50. The number of esters is 1. The van der Waals surface area contributed by atoms with E-state index in [0.717, 1.165) is 16.8 Å². The number of ether oxygens (including phenoxy) is 2. The summed E-state index contributed by atoms with van der Waals surface area (Å²) in [5.74, 6) is -0.401. The van der Waals surface area contributed by atoms with Crippen molar-refractivity contribution >= 4 is 38.8 Å². The first-order valence-electron chi connectivity index (χ1n) is 18.1. The van der Waals surface area contributed by atoms with Gasteiger partial charge in [0.2, 0.25) is 0 Å². The third kappa shape index (κ3) is 10.7. The van der Waals surface area contributed by atoms with Crippen LogP contribution in [0.25, 0.3) is 0 Å². The van der Waals surface area contributed by atoms with Crippen LogP contribution in [0.2, 0.25) is 23.2 Å². The van der Waals surface area contributed by atoms with Gasteiger partial charge < -0.3 is 18.3 Å². The van der Waals surface area contributed by atoms with Gasteiger partial charge in [-0.3, -0.25) is 4.79 Å². The molecule has 0 aromatic heterocycles. The Hall–Kier alpha value is -3.15. The van der Waals surface area contributed by atoms with Crippen LogP contribution in [0.1, 0.15) is 73.6 Å². The van der Waals surface area contributed by atoms with E-state index in [4.69, 9.17) is 18.3 Å². The zero-order chi connectivity index (χ0) is 36.4. The fraction of sp³-hybridized carbons (Fsp3) is 0.476. The molecular weight excluding hydrogens is 657 g/mol. The Morgan fingerprint density at radius 3 is 1.90 bits per heavy atom. The SMILES string of the molecule is CC(C)(C)[Si](C)(C)O[C@H]1/C=C/C[C@@H](CO[Si](c2ccccc2)(c2ccccc2)C(C)(C)C)OC(=O)/C=C\C[C@@H]2C=CC[C@@H](C/C=C/C(=O)C1)O2. The summed E-state index contributed by atoms with van der Waals surface area (Å²) in [5.41, 5.74) is 0. The lowest BCUT2D eigenvalue weighted by molar-refractivity contribution is -0.144. The average Bonchev–Trinajstić information content (AvgIpc) is 3.04. The molecule has 0 radical (unpaired) electrons. The molecule has 6 nitrogen and oxygen atoms in total. The maximum atomic E-state index is 13.3. The topological polar surface area (TPSA) is 71.1 Å². The maximum Gasteiger partial charge on any atom is 0.330 e. The predicted molar refractivity (Wildman–Crippen MR) is 209 cm³/mol. The minimum atomic E-state index is -2.88. The van der Waals surface area contributed by atoms with Crippen LogP contribution in [-0.4, -0.2) is 59.4 Å². The van der Waals surface area contributed by atoms with Crippen molar-refractivity contribution in [2.45, 2.75) is 121 Å². The van der Waals surface area contributed by atoms with Crippen LogP contribution in [0.3, 0.4) is 0 Å². The summed E-state index contributed by atoms with van der Waals surface area (Å²) in [6, 6.07) is 20.9. The highest BCUT2D eigenvalue weighted by atomic mass is 28.4. The van der Waals surface area contributed by atoms with Gasteiger partial charge >= 0.3 is 5.97 Å². The number of rotatable bonds is 7. The van der Waals surface area contributed by atoms with Crippen LogP contribution in [0.4, 0.5) is 0 Å². The Morgan fingerprint density at radius 2 is 1.30 bits per heavy atom. The molecule has 0 N–H and O–H groups in total. The zero-order valence-electron chi connectivity index (χ0n) is 31.4. The molecule has 0 amide bonds. The molecule has 2 aliphatic heterocycles. The summed E-state index contributed by atoms with van der Waals surface area (Å²) in [4.78, 5) is 26.6. The minimum Gasteiger partial charge on any atom is -0.456 e. The molecule has 2 aromatic rings. The predicted octanol–water partition coefficient (Wildman–Crippen LogP) is 8.39. The van der Waals surface area contributed by atoms with Crippen molar-refractivity contribution in [3.63, 3.8) is 0 Å². The van der Waals surface area contributed by atoms with E-state index in [2.05, 4.69) is 109 Å². The fourth-order valence-corrected chi connectivity index (χ4v) is 12.2. The number of cyclic esters (lactones) is 1. The molecule has 0 fully saturated rings. The molecule has 0 aliphatic carbocycles. The number of ketones is 1. The summed E-state index contributed by atoms with van der Waals surface area (Å²) < 4.78 is 26.4. The number of allylic oxidation sites excluding steroid dienone is 1. The molecule has 4 atom stereocenters. The summed E-state index contributed by atoms with van der Waals surface area (Å²) >= 11 is 0. The van der Waals surface area contributed by atoms with Crippen LogP contribution in [0.15, 0.2) is 109 Å². The second kappa shape index (κ2) is 17.4. The van der Waals surface area contributed by atoms with Crippen molar-refractivity contribution in [2.75, 3.05) is 6.61 Å². The lowest BCUT2D eigenvalue weighted by Crippen LogP contribution is -2.67. The van der Waals surface area contributed by atoms with Crippen LogP contribution in [-0.2, 0) is 27.9 Å². The summed E-state index contributed by atoms with van der Waals surface area (Å²) in [6.45, 7) is 17.9. The minimum absolute atomic E-state index is 0.0169. The Labute approximate surface area is 302 Å². The van der Waals surface area contributed by atoms with E-state index in [-0.39, 0.29) is 41.1 Å². The van der Waals surface area contributed by atoms with Crippen LogP contribution in [0, 0.1) is 0 Å². The van der Waals surface area contributed by atoms with E-state index in [1.54, 1.807) is 6.08 Å². The maximum absolute atomic E-state index is 13.3. The highest BCUT2D eigenvalue weighted by molar-refractivity contribution is 6.99. The van der Waals surface area contributed by atoms with E-state index in [0.29, 0.717) is 19.3 Å². The Kier molecular flexibility index (Phi) is 13.8. The van der Waals surface area contributed by atoms with E-state index < -0.39 is 34.8 Å². The zero-order valence-corrected chi connectivity index (χ0v) is 33.4. The van der Waals surface area contributed by atoms with Gasteiger partial charge in [0.05, 0.1) is 24.9 Å². The Morgan fingerprint density at radius 1 is 0.720 bits per heavy atom. The van der Waals surface area contributed by atoms with Crippen molar-refractivity contribution in [2.24, 2.45) is 0 Å². The molecule has 0 unspecified atom stereocenters. The molecule has 2 bridgehead atoms. The number of carbonyl (C=O) groups is 2. The van der Waals surface area contributed by atoms with Gasteiger partial charge in [-0.2, -0.15) is 0 Å². The van der Waals surface area contributed by atoms with E-state index in [1.165, 1.54) is 6.08 Å². The van der Waals surface area contributed by atoms with Gasteiger partial charge in [0, 0.05) is 18.9 Å². The smallest absolute Gasteiger partial charge is 0.330 e. The van der Waals surface area contributed by atoms with Crippen molar-refractivity contribution in [1.82, 2.24) is 0 Å². The number of benzene rings is 2. The first kappa shape index (κ1) is 39.6. The Balaban J connectivity index is 1.69. The third-order valence-electron chi connectivity index (χ3n) is 10.0. The van der Waals surface area contributed by atoms with Gasteiger partial charge in [-0.1, -0.05) is 139 Å². The molecule has 2 aliphatic rings. The molecule has 2 aromatic carbocycles. The molecule has 4 rings (SSSR count). The number of hydrogen-bond acceptors (Lipinski definition) is 6. The largest absolute Gasteiger partial charge is 0.456 e. The standard InChI is InChI=1S/C42H58O6Si2/c1-41(2,3)49(7,8)48-36-24-17-25-37(47-40(44)30-18-23-35-22-16-21-34(46-35)20-15-19-33(43)31-36)32-45-50(42(4,5)6,38-26-11-9-12-27-38)39-28-13-10-14-29-39/h9-19,22,24,26-30,34-37H,20-21,23,25,31-32H2,1-8H3/b19-15+,24-17+,30-18-/t34-,35+,36+,37+/m1/s1. The molecule has 2 heterocycles. The lowest BCUT2D eigenvalue weighted by Gasteiger charge is -2.43. The third-order valence-corrected chi connectivity index (χ3v) is 19.5. The van der Waals surface area contributed by atoms with E-state index in [1.807, 2.05) is 42.5 Å². The molecule has 0 saturated carbocycles. The van der Waals surface area contributed by atoms with Crippen LogP contribution in [0.5, 0.6) is 0 Å². The molecule has 0 saturated heterocycles. The quantitative estimate of drug-likeness (QED) is 0.163. The van der Waals surface area contributed by atoms with Gasteiger partial charge in [-0.25, -0.2) is 4.79 Å². The van der Waals surface area contributed by atoms with Crippen molar-refractivity contribution in [1.29, 1.82) is 0 Å².